The summed E-state index contributed by atoms with van der Waals surface area (Å²) in [6, 6.07) is -0.153. The molecule has 4 heterocycles. The third-order valence-corrected chi connectivity index (χ3v) is 2.94. The Hall–Kier alpha value is -0.500. The third kappa shape index (κ3) is 4.64. The second-order valence-corrected chi connectivity index (χ2v) is 4.53. The smallest absolute Gasteiger partial charge is 0.110 e. The van der Waals surface area contributed by atoms with Crippen molar-refractivity contribution in [3.05, 3.63) is 12.2 Å². The third-order valence-electron chi connectivity index (χ3n) is 2.94. The summed E-state index contributed by atoms with van der Waals surface area (Å²) in [6.07, 6.45) is 4.58. The van der Waals surface area contributed by atoms with Crippen molar-refractivity contribution in [3.63, 3.8) is 0 Å². The molecule has 0 spiro atoms. The molecule has 6 heteroatoms. The summed E-state index contributed by atoms with van der Waals surface area (Å²) in [4.78, 5) is 0. The minimum absolute atomic E-state index is 0.153. The summed E-state index contributed by atoms with van der Waals surface area (Å²) in [5.74, 6) is 0. The monoisotopic (exact) mass is 259 g/mol. The summed E-state index contributed by atoms with van der Waals surface area (Å²) in [5.41, 5.74) is 5.30. The van der Waals surface area contributed by atoms with Gasteiger partial charge in [0.1, 0.15) is 12.2 Å². The molecule has 4 aliphatic rings. The Morgan fingerprint density at radius 2 is 1.50 bits per heavy atom. The topological polar surface area (TPSA) is 86.5 Å². The van der Waals surface area contributed by atoms with Crippen molar-refractivity contribution in [2.45, 2.75) is 24.4 Å². The van der Waals surface area contributed by atoms with Crippen molar-refractivity contribution in [3.8, 4) is 0 Å². The van der Waals surface area contributed by atoms with Crippen molar-refractivity contribution < 1.29 is 24.1 Å². The number of hydrogen-bond acceptors (Lipinski definition) is 6. The van der Waals surface area contributed by atoms with Gasteiger partial charge in [0.2, 0.25) is 0 Å². The van der Waals surface area contributed by atoms with Crippen molar-refractivity contribution >= 4 is 0 Å². The first-order chi connectivity index (χ1) is 8.77. The van der Waals surface area contributed by atoms with Crippen LogP contribution in [0.5, 0.6) is 0 Å². The van der Waals surface area contributed by atoms with Crippen LogP contribution >= 0.6 is 0 Å². The number of nitrogens with two attached hydrogens (primary N) is 1. The number of epoxide rings is 1. The average molecular weight is 259 g/mol. The van der Waals surface area contributed by atoms with Crippen LogP contribution in [0.4, 0.5) is 0 Å². The molecule has 0 saturated carbocycles. The van der Waals surface area contributed by atoms with Gasteiger partial charge in [0.25, 0.3) is 0 Å². The second kappa shape index (κ2) is 7.18. The Bertz CT molecular complexity index is 251. The molecule has 3 saturated heterocycles. The van der Waals surface area contributed by atoms with Crippen LogP contribution < -0.4 is 5.73 Å². The van der Waals surface area contributed by atoms with Gasteiger partial charge in [-0.3, -0.25) is 0 Å². The molecule has 4 aliphatic heterocycles. The molecule has 18 heavy (non-hydrogen) atoms. The highest BCUT2D eigenvalue weighted by Crippen LogP contribution is 2.27. The van der Waals surface area contributed by atoms with Crippen LogP contribution in [0.25, 0.3) is 0 Å². The normalized spacial score (nSPS) is 39.4. The summed E-state index contributed by atoms with van der Waals surface area (Å²) in [7, 11) is 0. The van der Waals surface area contributed by atoms with E-state index in [4.69, 9.17) is 29.8 Å². The molecule has 0 bridgehead atoms. The minimum atomic E-state index is -0.431. The molecule has 4 atom stereocenters. The molecule has 0 aromatic heterocycles. The van der Waals surface area contributed by atoms with Crippen LogP contribution in [0, 0.1) is 0 Å². The molecular weight excluding hydrogens is 238 g/mol. The molecule has 4 unspecified atom stereocenters. The number of fused-ring (bicyclic) bond motifs is 1. The average Bonchev–Trinajstić information content (AvgIpc) is 2.91. The molecule has 4 rings (SSSR count). The zero-order valence-electron chi connectivity index (χ0n) is 10.4. The molecular formula is C12H21NO5. The Kier molecular flexibility index (Phi) is 5.55. The van der Waals surface area contributed by atoms with Gasteiger partial charge in [-0.25, -0.2) is 0 Å². The van der Waals surface area contributed by atoms with E-state index >= 15 is 0 Å². The second-order valence-electron chi connectivity index (χ2n) is 4.53. The van der Waals surface area contributed by atoms with Crippen molar-refractivity contribution in [1.29, 1.82) is 0 Å². The Morgan fingerprint density at radius 3 is 1.67 bits per heavy atom. The van der Waals surface area contributed by atoms with E-state index in [0.717, 1.165) is 26.4 Å². The predicted molar refractivity (Wildman–Crippen MR) is 64.2 cm³/mol. The van der Waals surface area contributed by atoms with Gasteiger partial charge in [-0.15, -0.1) is 0 Å². The highest BCUT2D eigenvalue weighted by molar-refractivity contribution is 4.89. The van der Waals surface area contributed by atoms with E-state index in [1.165, 1.54) is 0 Å². The first-order valence-electron chi connectivity index (χ1n) is 6.24. The number of aliphatic hydroxyl groups excluding tert-OH is 1. The van der Waals surface area contributed by atoms with Gasteiger partial charge in [-0.05, 0) is 0 Å². The number of hydrogen-bond donors (Lipinski definition) is 2. The van der Waals surface area contributed by atoms with E-state index < -0.39 is 6.10 Å². The van der Waals surface area contributed by atoms with Crippen LogP contribution in [0.3, 0.4) is 0 Å². The fourth-order valence-corrected chi connectivity index (χ4v) is 1.67. The molecule has 3 N–H and O–H groups in total. The zero-order valence-corrected chi connectivity index (χ0v) is 10.4. The Labute approximate surface area is 107 Å². The summed E-state index contributed by atoms with van der Waals surface area (Å²) < 4.78 is 19.6. The maximum absolute atomic E-state index is 8.75. The fraction of sp³-hybridized carbons (Fsp3) is 0.833. The van der Waals surface area contributed by atoms with Gasteiger partial charge in [0, 0.05) is 0 Å². The van der Waals surface area contributed by atoms with E-state index in [0.29, 0.717) is 25.4 Å². The van der Waals surface area contributed by atoms with Gasteiger partial charge in [-0.2, -0.15) is 0 Å². The lowest BCUT2D eigenvalue weighted by Crippen LogP contribution is -2.32. The molecule has 6 nitrogen and oxygen atoms in total. The quantitative estimate of drug-likeness (QED) is 0.431. The number of rotatable bonds is 0. The Morgan fingerprint density at radius 1 is 0.889 bits per heavy atom. The highest BCUT2D eigenvalue weighted by Gasteiger charge is 2.44. The largest absolute Gasteiger partial charge is 0.389 e. The fourth-order valence-electron chi connectivity index (χ4n) is 1.67. The number of aliphatic hydroxyl groups is 1. The van der Waals surface area contributed by atoms with Gasteiger partial charge in [0.15, 0.2) is 0 Å². The molecule has 3 fully saturated rings. The van der Waals surface area contributed by atoms with Gasteiger partial charge in [0.05, 0.1) is 51.8 Å². The molecule has 0 radical (unpaired) electrons. The first-order valence-corrected chi connectivity index (χ1v) is 6.24. The molecule has 0 aliphatic carbocycles. The summed E-state index contributed by atoms with van der Waals surface area (Å²) >= 11 is 0. The van der Waals surface area contributed by atoms with Crippen molar-refractivity contribution in [1.82, 2.24) is 0 Å². The molecule has 0 aromatic carbocycles. The van der Waals surface area contributed by atoms with E-state index in [2.05, 4.69) is 0 Å². The lowest BCUT2D eigenvalue weighted by atomic mass is 10.2. The van der Waals surface area contributed by atoms with Crippen LogP contribution in [0.2, 0.25) is 0 Å². The first kappa shape index (κ1) is 13.9. The SMILES string of the molecule is C1=CCOC1.C1OCC2OC12.NC1COCC1O. The van der Waals surface area contributed by atoms with E-state index in [1.807, 2.05) is 12.2 Å². The maximum Gasteiger partial charge on any atom is 0.110 e. The van der Waals surface area contributed by atoms with Gasteiger partial charge >= 0.3 is 0 Å². The summed E-state index contributed by atoms with van der Waals surface area (Å²) in [6.45, 7) is 4.22. The van der Waals surface area contributed by atoms with Gasteiger partial charge in [-0.1, -0.05) is 12.2 Å². The van der Waals surface area contributed by atoms with Crippen molar-refractivity contribution in [2.24, 2.45) is 5.73 Å². The van der Waals surface area contributed by atoms with E-state index in [-0.39, 0.29) is 6.04 Å². The lowest BCUT2D eigenvalue weighted by Gasteiger charge is -2.01. The van der Waals surface area contributed by atoms with Crippen LogP contribution in [-0.4, -0.2) is 69.1 Å². The molecule has 0 amide bonds. The van der Waals surface area contributed by atoms with E-state index in [1.54, 1.807) is 0 Å². The number of ether oxygens (including phenoxy) is 4. The summed E-state index contributed by atoms with van der Waals surface area (Å²) in [5, 5.41) is 8.75. The predicted octanol–water partition coefficient (Wildman–Crippen LogP) is -0.938. The van der Waals surface area contributed by atoms with Crippen LogP contribution in [-0.2, 0) is 18.9 Å². The standard InChI is InChI=1S/C4H9NO2.C4H6O2.C4H6O/c5-3-1-7-2-4(3)6;1-3-4(6-3)2-5-1;1-2-4-5-3-1/h3-4,6H,1-2,5H2;3-4H,1-2H2;1-2H,3-4H2. The molecule has 0 aromatic rings. The lowest BCUT2D eigenvalue weighted by molar-refractivity contribution is 0.100. The van der Waals surface area contributed by atoms with Gasteiger partial charge < -0.3 is 29.8 Å². The molecule has 104 valence electrons. The highest BCUT2D eigenvalue weighted by atomic mass is 16.7. The Balaban J connectivity index is 0.000000102. The van der Waals surface area contributed by atoms with Crippen LogP contribution in [0.1, 0.15) is 0 Å². The van der Waals surface area contributed by atoms with Crippen LogP contribution in [0.15, 0.2) is 12.2 Å². The van der Waals surface area contributed by atoms with E-state index in [9.17, 15) is 0 Å². The van der Waals surface area contributed by atoms with Crippen molar-refractivity contribution in [2.75, 3.05) is 39.6 Å². The zero-order chi connectivity index (χ0) is 12.8. The maximum atomic E-state index is 8.75. The minimum Gasteiger partial charge on any atom is -0.389 e.